The van der Waals surface area contributed by atoms with Crippen LogP contribution in [0.3, 0.4) is 0 Å². The van der Waals surface area contributed by atoms with Gasteiger partial charge in [-0.15, -0.1) is 0 Å². The minimum absolute atomic E-state index is 0.0628. The van der Waals surface area contributed by atoms with Crippen LogP contribution in [0, 0.1) is 0 Å². The van der Waals surface area contributed by atoms with Gasteiger partial charge in [-0.25, -0.2) is 4.79 Å². The largest absolute Gasteiger partial charge is 0.482 e. The molecule has 30 heavy (non-hydrogen) atoms. The van der Waals surface area contributed by atoms with E-state index < -0.39 is 17.6 Å². The second-order valence-electron chi connectivity index (χ2n) is 6.99. The SMILES string of the molecule is CCCCc1cc(=O)oc2cc(OCC(=O)NCC(O)c3ccccc3)c(Cl)cc12. The molecule has 2 aromatic carbocycles. The number of hydrogen-bond acceptors (Lipinski definition) is 5. The lowest BCUT2D eigenvalue weighted by atomic mass is 10.0. The van der Waals surface area contributed by atoms with Gasteiger partial charge in [0, 0.05) is 24.1 Å². The molecule has 1 amide bonds. The Morgan fingerprint density at radius 2 is 2.00 bits per heavy atom. The molecular formula is C23H24ClNO5. The average Bonchev–Trinajstić information content (AvgIpc) is 2.75. The van der Waals surface area contributed by atoms with Gasteiger partial charge in [0.05, 0.1) is 11.1 Å². The van der Waals surface area contributed by atoms with Crippen LogP contribution in [0.1, 0.15) is 37.0 Å². The first-order valence-electron chi connectivity index (χ1n) is 9.86. The number of halogens is 1. The van der Waals surface area contributed by atoms with E-state index in [2.05, 4.69) is 12.2 Å². The molecule has 0 aliphatic carbocycles. The third-order valence-electron chi connectivity index (χ3n) is 4.72. The first kappa shape index (κ1) is 21.9. The van der Waals surface area contributed by atoms with Crippen LogP contribution in [0.4, 0.5) is 0 Å². The van der Waals surface area contributed by atoms with Gasteiger partial charge in [-0.1, -0.05) is 55.3 Å². The van der Waals surface area contributed by atoms with Crippen molar-refractivity contribution in [1.29, 1.82) is 0 Å². The van der Waals surface area contributed by atoms with E-state index in [0.717, 1.165) is 30.2 Å². The molecule has 0 saturated carbocycles. The van der Waals surface area contributed by atoms with Crippen molar-refractivity contribution in [3.8, 4) is 5.75 Å². The predicted octanol–water partition coefficient (Wildman–Crippen LogP) is 4.02. The second-order valence-corrected chi connectivity index (χ2v) is 7.40. The number of hydrogen-bond donors (Lipinski definition) is 2. The van der Waals surface area contributed by atoms with Gasteiger partial charge in [-0.05, 0) is 30.0 Å². The van der Waals surface area contributed by atoms with Crippen LogP contribution in [-0.2, 0) is 11.2 Å². The van der Waals surface area contributed by atoms with Crippen LogP contribution in [0.15, 0.2) is 57.7 Å². The van der Waals surface area contributed by atoms with Gasteiger partial charge in [0.1, 0.15) is 11.3 Å². The normalized spacial score (nSPS) is 12.0. The number of aliphatic hydroxyl groups is 1. The van der Waals surface area contributed by atoms with Crippen molar-refractivity contribution < 1.29 is 19.1 Å². The van der Waals surface area contributed by atoms with Gasteiger partial charge in [0.15, 0.2) is 6.61 Å². The van der Waals surface area contributed by atoms with E-state index in [4.69, 9.17) is 20.8 Å². The summed E-state index contributed by atoms with van der Waals surface area (Å²) in [7, 11) is 0. The van der Waals surface area contributed by atoms with Crippen molar-refractivity contribution in [2.75, 3.05) is 13.2 Å². The second kappa shape index (κ2) is 10.3. The molecule has 0 aliphatic rings. The zero-order valence-corrected chi connectivity index (χ0v) is 17.4. The third kappa shape index (κ3) is 5.62. The Kier molecular flexibility index (Phi) is 7.49. The summed E-state index contributed by atoms with van der Waals surface area (Å²) in [6, 6.07) is 13.8. The lowest BCUT2D eigenvalue weighted by Crippen LogP contribution is -2.32. The van der Waals surface area contributed by atoms with Crippen LogP contribution in [0.25, 0.3) is 11.0 Å². The highest BCUT2D eigenvalue weighted by Gasteiger charge is 2.13. The molecule has 1 unspecified atom stereocenters. The Balaban J connectivity index is 1.64. The number of fused-ring (bicyclic) bond motifs is 1. The maximum Gasteiger partial charge on any atom is 0.336 e. The molecule has 2 N–H and O–H groups in total. The number of amides is 1. The summed E-state index contributed by atoms with van der Waals surface area (Å²) in [5.41, 5.74) is 1.52. The number of carbonyl (C=O) groups excluding carboxylic acids is 1. The van der Waals surface area contributed by atoms with E-state index in [9.17, 15) is 14.7 Å². The van der Waals surface area contributed by atoms with Gasteiger partial charge in [0.25, 0.3) is 5.91 Å². The number of aliphatic hydroxyl groups excluding tert-OH is 1. The fraction of sp³-hybridized carbons (Fsp3) is 0.304. The van der Waals surface area contributed by atoms with E-state index in [1.54, 1.807) is 18.2 Å². The summed E-state index contributed by atoms with van der Waals surface area (Å²) in [5.74, 6) is -0.155. The number of unbranched alkanes of at least 4 members (excludes halogenated alkanes) is 1. The Labute approximate surface area is 179 Å². The molecule has 1 aromatic heterocycles. The van der Waals surface area contributed by atoms with E-state index in [0.29, 0.717) is 16.2 Å². The van der Waals surface area contributed by atoms with Crippen molar-refractivity contribution in [2.24, 2.45) is 0 Å². The molecule has 0 fully saturated rings. The van der Waals surface area contributed by atoms with Gasteiger partial charge in [-0.2, -0.15) is 0 Å². The first-order valence-corrected chi connectivity index (χ1v) is 10.2. The monoisotopic (exact) mass is 429 g/mol. The maximum absolute atomic E-state index is 12.1. The molecule has 0 bridgehead atoms. The number of ether oxygens (including phenoxy) is 1. The molecule has 3 rings (SSSR count). The van der Waals surface area contributed by atoms with Gasteiger partial charge >= 0.3 is 5.63 Å². The quantitative estimate of drug-likeness (QED) is 0.501. The van der Waals surface area contributed by atoms with Crippen LogP contribution < -0.4 is 15.7 Å². The van der Waals surface area contributed by atoms with Crippen molar-refractivity contribution in [2.45, 2.75) is 32.3 Å². The minimum atomic E-state index is -0.810. The fourth-order valence-electron chi connectivity index (χ4n) is 3.11. The molecule has 6 nitrogen and oxygen atoms in total. The van der Waals surface area contributed by atoms with Crippen LogP contribution >= 0.6 is 11.6 Å². The first-order chi connectivity index (χ1) is 14.5. The van der Waals surface area contributed by atoms with Crippen LogP contribution in [-0.4, -0.2) is 24.2 Å². The van der Waals surface area contributed by atoms with Crippen molar-refractivity contribution in [3.63, 3.8) is 0 Å². The molecule has 0 spiro atoms. The number of aryl methyl sites for hydroxylation is 1. The summed E-state index contributed by atoms with van der Waals surface area (Å²) in [6.45, 7) is 1.86. The summed E-state index contributed by atoms with van der Waals surface area (Å²) in [4.78, 5) is 24.0. The Bertz CT molecular complexity index is 1060. The number of rotatable bonds is 9. The molecule has 158 valence electrons. The topological polar surface area (TPSA) is 88.8 Å². The molecule has 0 radical (unpaired) electrons. The summed E-state index contributed by atoms with van der Waals surface area (Å²) in [5, 5.41) is 13.8. The summed E-state index contributed by atoms with van der Waals surface area (Å²) < 4.78 is 10.8. The van der Waals surface area contributed by atoms with Crippen molar-refractivity contribution >= 4 is 28.5 Å². The molecule has 3 aromatic rings. The Morgan fingerprint density at radius 1 is 1.23 bits per heavy atom. The maximum atomic E-state index is 12.1. The molecule has 0 aliphatic heterocycles. The fourth-order valence-corrected chi connectivity index (χ4v) is 3.33. The highest BCUT2D eigenvalue weighted by Crippen LogP contribution is 2.31. The zero-order valence-electron chi connectivity index (χ0n) is 16.7. The van der Waals surface area contributed by atoms with Crippen molar-refractivity contribution in [3.05, 3.63) is 75.1 Å². The highest BCUT2D eigenvalue weighted by molar-refractivity contribution is 6.32. The molecule has 1 atom stereocenters. The number of nitrogens with one attached hydrogen (secondary N) is 1. The lowest BCUT2D eigenvalue weighted by molar-refractivity contribution is -0.123. The van der Waals surface area contributed by atoms with Gasteiger partial charge in [-0.3, -0.25) is 4.79 Å². The van der Waals surface area contributed by atoms with Crippen LogP contribution in [0.5, 0.6) is 5.75 Å². The third-order valence-corrected chi connectivity index (χ3v) is 5.01. The molecule has 7 heteroatoms. The van der Waals surface area contributed by atoms with E-state index >= 15 is 0 Å². The minimum Gasteiger partial charge on any atom is -0.482 e. The standard InChI is InChI=1S/C23H24ClNO5/c1-2-3-7-16-10-23(28)30-20-12-21(18(24)11-17(16)20)29-14-22(27)25-13-19(26)15-8-5-4-6-9-15/h4-6,8-12,19,26H,2-3,7,13-14H2,1H3,(H,25,27). The summed E-state index contributed by atoms with van der Waals surface area (Å²) in [6.07, 6.45) is 1.89. The van der Waals surface area contributed by atoms with Gasteiger partial charge in [0.2, 0.25) is 0 Å². The zero-order chi connectivity index (χ0) is 21.5. The molecule has 1 heterocycles. The molecule has 0 saturated heterocycles. The van der Waals surface area contributed by atoms with E-state index in [1.165, 1.54) is 12.1 Å². The number of benzene rings is 2. The Morgan fingerprint density at radius 3 is 2.73 bits per heavy atom. The van der Waals surface area contributed by atoms with E-state index in [-0.39, 0.29) is 18.9 Å². The highest BCUT2D eigenvalue weighted by atomic mass is 35.5. The Hall–Kier alpha value is -2.83. The van der Waals surface area contributed by atoms with Crippen molar-refractivity contribution in [1.82, 2.24) is 5.32 Å². The predicted molar refractivity (Wildman–Crippen MR) is 116 cm³/mol. The lowest BCUT2D eigenvalue weighted by Gasteiger charge is -2.13. The van der Waals surface area contributed by atoms with Gasteiger partial charge < -0.3 is 19.6 Å². The average molecular weight is 430 g/mol. The smallest absolute Gasteiger partial charge is 0.336 e. The summed E-state index contributed by atoms with van der Waals surface area (Å²) >= 11 is 6.32. The molecular weight excluding hydrogens is 406 g/mol. The number of carbonyl (C=O) groups is 1. The van der Waals surface area contributed by atoms with Crippen LogP contribution in [0.2, 0.25) is 5.02 Å². The van der Waals surface area contributed by atoms with E-state index in [1.807, 2.05) is 18.2 Å².